The first-order valence-corrected chi connectivity index (χ1v) is 6.53. The van der Waals surface area contributed by atoms with Crippen molar-refractivity contribution < 1.29 is 14.6 Å². The molecule has 1 aromatic carbocycles. The largest absolute Gasteiger partial charge is 0.506 e. The Morgan fingerprint density at radius 3 is 3.00 bits per heavy atom. The van der Waals surface area contributed by atoms with Gasteiger partial charge in [0.1, 0.15) is 23.8 Å². The van der Waals surface area contributed by atoms with Crippen LogP contribution in [0.15, 0.2) is 39.9 Å². The molecule has 2 heterocycles. The zero-order chi connectivity index (χ0) is 14.1. The molecule has 20 heavy (non-hydrogen) atoms. The average molecular weight is 336 g/mol. The van der Waals surface area contributed by atoms with E-state index in [2.05, 4.69) is 25.9 Å². The van der Waals surface area contributed by atoms with Crippen LogP contribution in [0.1, 0.15) is 5.56 Å². The van der Waals surface area contributed by atoms with Gasteiger partial charge in [-0.3, -0.25) is 0 Å². The molecule has 7 heteroatoms. The fraction of sp³-hybridized carbons (Fsp3) is 0.0769. The number of aromatic hydroxyl groups is 1. The van der Waals surface area contributed by atoms with E-state index in [-0.39, 0.29) is 24.3 Å². The van der Waals surface area contributed by atoms with E-state index in [1.165, 1.54) is 12.3 Å². The Morgan fingerprint density at radius 2 is 2.15 bits per heavy atom. The molecular formula is C13H10BrN3O3. The van der Waals surface area contributed by atoms with E-state index < -0.39 is 0 Å². The summed E-state index contributed by atoms with van der Waals surface area (Å²) in [7, 11) is 0. The number of aliphatic imine (C=N–C) groups is 1. The summed E-state index contributed by atoms with van der Waals surface area (Å²) < 4.78 is 12.0. The Labute approximate surface area is 123 Å². The van der Waals surface area contributed by atoms with Crippen LogP contribution >= 0.6 is 15.9 Å². The number of hydrogen-bond donors (Lipinski definition) is 2. The highest BCUT2D eigenvalue weighted by Gasteiger charge is 2.15. The number of fused-ring (bicyclic) bond motifs is 2. The van der Waals surface area contributed by atoms with Gasteiger partial charge in [-0.25, -0.2) is 4.98 Å². The van der Waals surface area contributed by atoms with Crippen molar-refractivity contribution in [3.63, 3.8) is 0 Å². The highest BCUT2D eigenvalue weighted by Crippen LogP contribution is 2.35. The van der Waals surface area contributed by atoms with Crippen molar-refractivity contribution in [1.82, 2.24) is 4.98 Å². The predicted octanol–water partition coefficient (Wildman–Crippen LogP) is 2.82. The third-order valence-electron chi connectivity index (χ3n) is 2.65. The third-order valence-corrected chi connectivity index (χ3v) is 3.15. The molecule has 0 atom stereocenters. The molecule has 3 rings (SSSR count). The van der Waals surface area contributed by atoms with Gasteiger partial charge < -0.3 is 20.3 Å². The highest BCUT2D eigenvalue weighted by molar-refractivity contribution is 9.10. The van der Waals surface area contributed by atoms with Gasteiger partial charge in [0, 0.05) is 16.1 Å². The molecule has 1 aliphatic rings. The minimum absolute atomic E-state index is 0.0184. The molecular weight excluding hydrogens is 326 g/mol. The fourth-order valence-corrected chi connectivity index (χ4v) is 2.16. The van der Waals surface area contributed by atoms with Gasteiger partial charge in [-0.1, -0.05) is 15.9 Å². The van der Waals surface area contributed by atoms with E-state index in [1.54, 1.807) is 6.07 Å². The first-order valence-electron chi connectivity index (χ1n) is 5.74. The Hall–Kier alpha value is -2.28. The van der Waals surface area contributed by atoms with Gasteiger partial charge in [0.25, 0.3) is 6.02 Å². The van der Waals surface area contributed by atoms with Crippen molar-refractivity contribution in [2.75, 3.05) is 0 Å². The number of halogens is 1. The normalized spacial score (nSPS) is 16.1. The monoisotopic (exact) mass is 335 g/mol. The number of ether oxygens (including phenoxy) is 2. The van der Waals surface area contributed by atoms with Gasteiger partial charge >= 0.3 is 0 Å². The second kappa shape index (κ2) is 5.01. The summed E-state index contributed by atoms with van der Waals surface area (Å²) in [6, 6.07) is 6.90. The van der Waals surface area contributed by atoms with Crippen LogP contribution in [-0.4, -0.2) is 16.1 Å². The molecule has 0 bridgehead atoms. The van der Waals surface area contributed by atoms with Crippen molar-refractivity contribution >= 4 is 27.6 Å². The van der Waals surface area contributed by atoms with E-state index in [9.17, 15) is 5.11 Å². The van der Waals surface area contributed by atoms with Crippen molar-refractivity contribution in [3.8, 4) is 17.4 Å². The molecule has 102 valence electrons. The molecule has 0 spiro atoms. The highest BCUT2D eigenvalue weighted by atomic mass is 79.9. The summed E-state index contributed by atoms with van der Waals surface area (Å²) in [5.41, 5.74) is 6.79. The van der Waals surface area contributed by atoms with Crippen molar-refractivity contribution in [3.05, 3.63) is 40.5 Å². The SMILES string of the molecule is N/C1=N/c2cc(O)cnc2Oc2ccc(Br)cc2CO1. The van der Waals surface area contributed by atoms with Gasteiger partial charge in [0.05, 0.1) is 6.20 Å². The van der Waals surface area contributed by atoms with Crippen LogP contribution in [0.2, 0.25) is 0 Å². The summed E-state index contributed by atoms with van der Waals surface area (Å²) in [6.07, 6.45) is 1.28. The molecule has 6 nitrogen and oxygen atoms in total. The standard InChI is InChI=1S/C13H10BrN3O3/c14-8-1-2-11-7(3-8)6-19-13(15)17-10-4-9(18)5-16-12(10)20-11/h1-5,18H,6H2,(H2,15,17). The molecule has 0 saturated carbocycles. The van der Waals surface area contributed by atoms with Gasteiger partial charge in [0.2, 0.25) is 5.88 Å². The van der Waals surface area contributed by atoms with Crippen LogP contribution in [0.3, 0.4) is 0 Å². The number of benzene rings is 1. The van der Waals surface area contributed by atoms with E-state index in [4.69, 9.17) is 15.2 Å². The number of nitrogens with zero attached hydrogens (tertiary/aromatic N) is 2. The van der Waals surface area contributed by atoms with E-state index in [0.717, 1.165) is 10.0 Å². The van der Waals surface area contributed by atoms with Crippen LogP contribution in [0.25, 0.3) is 0 Å². The lowest BCUT2D eigenvalue weighted by molar-refractivity contribution is 0.284. The maximum Gasteiger partial charge on any atom is 0.287 e. The average Bonchev–Trinajstić information content (AvgIpc) is 2.47. The van der Waals surface area contributed by atoms with Crippen LogP contribution in [-0.2, 0) is 11.3 Å². The quantitative estimate of drug-likeness (QED) is 0.772. The number of rotatable bonds is 0. The minimum atomic E-state index is -0.0285. The lowest BCUT2D eigenvalue weighted by Gasteiger charge is -2.10. The lowest BCUT2D eigenvalue weighted by Crippen LogP contribution is -2.15. The summed E-state index contributed by atoms with van der Waals surface area (Å²) in [5.74, 6) is 0.816. The molecule has 0 fully saturated rings. The number of aromatic nitrogens is 1. The van der Waals surface area contributed by atoms with Crippen molar-refractivity contribution in [1.29, 1.82) is 0 Å². The molecule has 0 radical (unpaired) electrons. The van der Waals surface area contributed by atoms with E-state index in [0.29, 0.717) is 11.4 Å². The maximum absolute atomic E-state index is 9.46. The van der Waals surface area contributed by atoms with Crippen LogP contribution in [0.5, 0.6) is 17.4 Å². The van der Waals surface area contributed by atoms with Gasteiger partial charge in [-0.2, -0.15) is 4.99 Å². The van der Waals surface area contributed by atoms with Gasteiger partial charge in [0.15, 0.2) is 0 Å². The Bertz CT molecular complexity index is 703. The Morgan fingerprint density at radius 1 is 1.30 bits per heavy atom. The maximum atomic E-state index is 9.46. The first-order chi connectivity index (χ1) is 9.61. The second-order valence-electron chi connectivity index (χ2n) is 4.11. The topological polar surface area (TPSA) is 90.0 Å². The van der Waals surface area contributed by atoms with Gasteiger partial charge in [-0.05, 0) is 18.2 Å². The Balaban J connectivity index is 2.13. The summed E-state index contributed by atoms with van der Waals surface area (Å²) in [4.78, 5) is 8.05. The molecule has 0 unspecified atom stereocenters. The molecule has 3 N–H and O–H groups in total. The molecule has 2 aromatic rings. The molecule has 0 saturated heterocycles. The predicted molar refractivity (Wildman–Crippen MR) is 76.2 cm³/mol. The van der Waals surface area contributed by atoms with E-state index in [1.807, 2.05) is 12.1 Å². The number of hydrogen-bond acceptors (Lipinski definition) is 6. The van der Waals surface area contributed by atoms with Crippen molar-refractivity contribution in [2.45, 2.75) is 6.61 Å². The first kappa shape index (κ1) is 12.7. The zero-order valence-corrected chi connectivity index (χ0v) is 11.8. The zero-order valence-electron chi connectivity index (χ0n) is 10.2. The number of amidine groups is 1. The lowest BCUT2D eigenvalue weighted by atomic mass is 10.2. The second-order valence-corrected chi connectivity index (χ2v) is 5.03. The van der Waals surface area contributed by atoms with Crippen LogP contribution in [0, 0.1) is 0 Å². The van der Waals surface area contributed by atoms with Crippen molar-refractivity contribution in [2.24, 2.45) is 10.7 Å². The molecule has 1 aromatic heterocycles. The molecule has 0 amide bonds. The summed E-state index contributed by atoms with van der Waals surface area (Å²) >= 11 is 3.39. The molecule has 1 aliphatic heterocycles. The summed E-state index contributed by atoms with van der Waals surface area (Å²) in [5, 5.41) is 9.46. The summed E-state index contributed by atoms with van der Waals surface area (Å²) in [6.45, 7) is 0.226. The van der Waals surface area contributed by atoms with Crippen LogP contribution in [0.4, 0.5) is 5.69 Å². The number of nitrogens with two attached hydrogens (primary N) is 1. The Kier molecular flexibility index (Phi) is 3.19. The van der Waals surface area contributed by atoms with Crippen LogP contribution < -0.4 is 10.5 Å². The number of pyridine rings is 1. The minimum Gasteiger partial charge on any atom is -0.506 e. The smallest absolute Gasteiger partial charge is 0.287 e. The fourth-order valence-electron chi connectivity index (χ4n) is 1.76. The molecule has 0 aliphatic carbocycles. The van der Waals surface area contributed by atoms with Gasteiger partial charge in [-0.15, -0.1) is 0 Å². The van der Waals surface area contributed by atoms with E-state index >= 15 is 0 Å². The third kappa shape index (κ3) is 2.53.